The van der Waals surface area contributed by atoms with Gasteiger partial charge in [0.1, 0.15) is 5.84 Å². The molecular weight excluding hydrogens is 210 g/mol. The Kier molecular flexibility index (Phi) is 3.87. The lowest BCUT2D eigenvalue weighted by Gasteiger charge is -2.20. The summed E-state index contributed by atoms with van der Waals surface area (Å²) in [6, 6.07) is 0. The van der Waals surface area contributed by atoms with Gasteiger partial charge in [0, 0.05) is 25.7 Å². The SMILES string of the molecule is CC(CN(C)C(=O)c1cn[nH]c1)C(N)=NO. The summed E-state index contributed by atoms with van der Waals surface area (Å²) in [4.78, 5) is 13.3. The van der Waals surface area contributed by atoms with Gasteiger partial charge in [0.05, 0.1) is 11.8 Å². The summed E-state index contributed by atoms with van der Waals surface area (Å²) in [7, 11) is 1.65. The summed E-state index contributed by atoms with van der Waals surface area (Å²) < 4.78 is 0. The van der Waals surface area contributed by atoms with Gasteiger partial charge in [-0.15, -0.1) is 0 Å². The van der Waals surface area contributed by atoms with Crippen molar-refractivity contribution in [1.82, 2.24) is 15.1 Å². The molecule has 1 rings (SSSR count). The van der Waals surface area contributed by atoms with Crippen LogP contribution in [0, 0.1) is 5.92 Å². The van der Waals surface area contributed by atoms with Crippen LogP contribution in [0.3, 0.4) is 0 Å². The molecule has 0 saturated carbocycles. The molecule has 0 fully saturated rings. The molecule has 0 aromatic carbocycles. The highest BCUT2D eigenvalue weighted by atomic mass is 16.4. The molecular formula is C9H15N5O2. The molecule has 0 saturated heterocycles. The lowest BCUT2D eigenvalue weighted by molar-refractivity contribution is 0.0786. The second-order valence-corrected chi connectivity index (χ2v) is 3.60. The molecule has 0 bridgehead atoms. The maximum atomic E-state index is 11.8. The van der Waals surface area contributed by atoms with Crippen LogP contribution in [0.4, 0.5) is 0 Å². The van der Waals surface area contributed by atoms with Gasteiger partial charge in [-0.05, 0) is 0 Å². The van der Waals surface area contributed by atoms with E-state index in [-0.39, 0.29) is 17.7 Å². The van der Waals surface area contributed by atoms with Crippen LogP contribution in [0.1, 0.15) is 17.3 Å². The zero-order valence-electron chi connectivity index (χ0n) is 9.21. The smallest absolute Gasteiger partial charge is 0.256 e. The number of amidine groups is 1. The number of carbonyl (C=O) groups is 1. The molecule has 1 aromatic heterocycles. The summed E-state index contributed by atoms with van der Waals surface area (Å²) in [5.74, 6) is -0.260. The molecule has 88 valence electrons. The standard InChI is InChI=1S/C9H15N5O2/c1-6(8(10)13-16)5-14(2)9(15)7-3-11-12-4-7/h3-4,6,16H,5H2,1-2H3,(H2,10,13)(H,11,12). The van der Waals surface area contributed by atoms with E-state index in [9.17, 15) is 4.79 Å². The quantitative estimate of drug-likeness (QED) is 0.287. The summed E-state index contributed by atoms with van der Waals surface area (Å²) in [5, 5.41) is 17.6. The van der Waals surface area contributed by atoms with Crippen LogP contribution < -0.4 is 5.73 Å². The van der Waals surface area contributed by atoms with Crippen molar-refractivity contribution in [3.05, 3.63) is 18.0 Å². The fourth-order valence-corrected chi connectivity index (χ4v) is 1.27. The summed E-state index contributed by atoms with van der Waals surface area (Å²) >= 11 is 0. The zero-order valence-corrected chi connectivity index (χ0v) is 9.21. The summed E-state index contributed by atoms with van der Waals surface area (Å²) in [6.45, 7) is 2.15. The van der Waals surface area contributed by atoms with Crippen molar-refractivity contribution < 1.29 is 10.0 Å². The zero-order chi connectivity index (χ0) is 12.1. The number of H-pyrrole nitrogens is 1. The van der Waals surface area contributed by atoms with E-state index in [0.717, 1.165) is 0 Å². The Morgan fingerprint density at radius 2 is 2.50 bits per heavy atom. The number of oxime groups is 1. The monoisotopic (exact) mass is 225 g/mol. The Morgan fingerprint density at radius 3 is 3.00 bits per heavy atom. The first kappa shape index (κ1) is 12.0. The van der Waals surface area contributed by atoms with Crippen LogP contribution in [0.15, 0.2) is 17.5 Å². The Labute approximate surface area is 92.9 Å². The first-order valence-corrected chi connectivity index (χ1v) is 4.78. The number of rotatable bonds is 4. The molecule has 0 spiro atoms. The normalized spacial score (nSPS) is 13.5. The van der Waals surface area contributed by atoms with Crippen molar-refractivity contribution in [2.75, 3.05) is 13.6 Å². The molecule has 1 unspecified atom stereocenters. The number of nitrogens with one attached hydrogen (secondary N) is 1. The first-order chi connectivity index (χ1) is 7.56. The van der Waals surface area contributed by atoms with Crippen LogP contribution in [0.2, 0.25) is 0 Å². The lowest BCUT2D eigenvalue weighted by atomic mass is 10.1. The van der Waals surface area contributed by atoms with E-state index < -0.39 is 0 Å². The third kappa shape index (κ3) is 2.72. The molecule has 4 N–H and O–H groups in total. The maximum absolute atomic E-state index is 11.8. The maximum Gasteiger partial charge on any atom is 0.256 e. The lowest BCUT2D eigenvalue weighted by Crippen LogP contribution is -2.36. The molecule has 1 aromatic rings. The highest BCUT2D eigenvalue weighted by Gasteiger charge is 2.17. The van der Waals surface area contributed by atoms with Gasteiger partial charge in [-0.2, -0.15) is 5.10 Å². The number of aromatic nitrogens is 2. The van der Waals surface area contributed by atoms with E-state index in [2.05, 4.69) is 15.4 Å². The third-order valence-electron chi connectivity index (χ3n) is 2.26. The van der Waals surface area contributed by atoms with Gasteiger partial charge in [0.25, 0.3) is 5.91 Å². The van der Waals surface area contributed by atoms with E-state index in [1.807, 2.05) is 0 Å². The van der Waals surface area contributed by atoms with Crippen LogP contribution in [-0.2, 0) is 0 Å². The second-order valence-electron chi connectivity index (χ2n) is 3.60. The molecule has 1 atom stereocenters. The van der Waals surface area contributed by atoms with Gasteiger partial charge in [0.15, 0.2) is 0 Å². The van der Waals surface area contributed by atoms with E-state index in [1.165, 1.54) is 17.3 Å². The largest absolute Gasteiger partial charge is 0.409 e. The van der Waals surface area contributed by atoms with Gasteiger partial charge < -0.3 is 15.8 Å². The average Bonchev–Trinajstić information content (AvgIpc) is 2.79. The van der Waals surface area contributed by atoms with Crippen molar-refractivity contribution in [1.29, 1.82) is 0 Å². The van der Waals surface area contributed by atoms with Gasteiger partial charge in [0.2, 0.25) is 0 Å². The molecule has 7 heteroatoms. The minimum absolute atomic E-state index is 0.104. The second kappa shape index (κ2) is 5.15. The summed E-state index contributed by atoms with van der Waals surface area (Å²) in [6.07, 6.45) is 2.97. The molecule has 1 amide bonds. The fourth-order valence-electron chi connectivity index (χ4n) is 1.27. The number of amides is 1. The molecule has 0 aliphatic carbocycles. The minimum Gasteiger partial charge on any atom is -0.409 e. The highest BCUT2D eigenvalue weighted by Crippen LogP contribution is 2.04. The van der Waals surface area contributed by atoms with Crippen LogP contribution in [0.25, 0.3) is 0 Å². The Bertz CT molecular complexity index is 373. The van der Waals surface area contributed by atoms with E-state index >= 15 is 0 Å². The molecule has 7 nitrogen and oxygen atoms in total. The van der Waals surface area contributed by atoms with Crippen LogP contribution in [0.5, 0.6) is 0 Å². The number of nitrogens with two attached hydrogens (primary N) is 1. The van der Waals surface area contributed by atoms with Crippen molar-refractivity contribution in [3.63, 3.8) is 0 Å². The highest BCUT2D eigenvalue weighted by molar-refractivity contribution is 5.94. The van der Waals surface area contributed by atoms with Crippen molar-refractivity contribution in [3.8, 4) is 0 Å². The Morgan fingerprint density at radius 1 is 1.81 bits per heavy atom. The fraction of sp³-hybridized carbons (Fsp3) is 0.444. The molecule has 1 heterocycles. The number of carbonyl (C=O) groups excluding carboxylic acids is 1. The number of hydrogen-bond donors (Lipinski definition) is 3. The van der Waals surface area contributed by atoms with Gasteiger partial charge >= 0.3 is 0 Å². The predicted molar refractivity (Wildman–Crippen MR) is 58.1 cm³/mol. The van der Waals surface area contributed by atoms with Crippen molar-refractivity contribution >= 4 is 11.7 Å². The topological polar surface area (TPSA) is 108 Å². The van der Waals surface area contributed by atoms with E-state index in [0.29, 0.717) is 12.1 Å². The Hall–Kier alpha value is -2.05. The minimum atomic E-state index is -0.203. The first-order valence-electron chi connectivity index (χ1n) is 4.78. The van der Waals surface area contributed by atoms with E-state index in [4.69, 9.17) is 10.9 Å². The number of hydrogen-bond acceptors (Lipinski definition) is 4. The average molecular weight is 225 g/mol. The molecule has 0 aliphatic rings. The summed E-state index contributed by atoms with van der Waals surface area (Å²) in [5.41, 5.74) is 5.91. The van der Waals surface area contributed by atoms with Gasteiger partial charge in [-0.3, -0.25) is 9.89 Å². The number of nitrogens with zero attached hydrogens (tertiary/aromatic N) is 3. The molecule has 0 aliphatic heterocycles. The predicted octanol–water partition coefficient (Wildman–Crippen LogP) is -0.136. The molecule has 0 radical (unpaired) electrons. The van der Waals surface area contributed by atoms with E-state index in [1.54, 1.807) is 14.0 Å². The van der Waals surface area contributed by atoms with Crippen molar-refractivity contribution in [2.45, 2.75) is 6.92 Å². The van der Waals surface area contributed by atoms with Crippen LogP contribution >= 0.6 is 0 Å². The van der Waals surface area contributed by atoms with Gasteiger partial charge in [-0.25, -0.2) is 0 Å². The third-order valence-corrected chi connectivity index (χ3v) is 2.26. The molecule has 16 heavy (non-hydrogen) atoms. The Balaban J connectivity index is 2.59. The van der Waals surface area contributed by atoms with Crippen molar-refractivity contribution in [2.24, 2.45) is 16.8 Å². The van der Waals surface area contributed by atoms with Crippen LogP contribution in [-0.4, -0.2) is 45.6 Å². The number of aromatic amines is 1. The van der Waals surface area contributed by atoms with Gasteiger partial charge in [-0.1, -0.05) is 12.1 Å².